The molecule has 0 radical (unpaired) electrons. The Morgan fingerprint density at radius 2 is 2.05 bits per heavy atom. The largest absolute Gasteiger partial charge is 0.353 e. The molecule has 7 heteroatoms. The van der Waals surface area contributed by atoms with E-state index in [1.807, 2.05) is 0 Å². The van der Waals surface area contributed by atoms with Crippen LogP contribution in [0.15, 0.2) is 16.8 Å². The van der Waals surface area contributed by atoms with Crippen molar-refractivity contribution in [3.05, 3.63) is 22.4 Å². The first-order chi connectivity index (χ1) is 9.10. The molecule has 1 fully saturated rings. The van der Waals surface area contributed by atoms with Gasteiger partial charge in [-0.05, 0) is 48.3 Å². The number of likely N-dealkylation sites (N-methyl/N-ethyl adjacent to an activating group) is 1. The van der Waals surface area contributed by atoms with Crippen LogP contribution in [0, 0.1) is 0 Å². The zero-order chi connectivity index (χ0) is 13.9. The van der Waals surface area contributed by atoms with Gasteiger partial charge in [0.15, 0.2) is 0 Å². The SMILES string of the molecule is CCN(CC)C(CNC(=O)C1(N)CC1)c1ccsc1.Cl.Cl. The van der Waals surface area contributed by atoms with Crippen LogP contribution in [-0.4, -0.2) is 36.0 Å². The maximum atomic E-state index is 11.9. The lowest BCUT2D eigenvalue weighted by atomic mass is 10.1. The standard InChI is InChI=1S/C14H23N3OS.2ClH/c1-3-17(4-2)12(11-5-8-19-10-11)9-16-13(18)14(15)6-7-14;;/h5,8,10,12H,3-4,6-7,9,15H2,1-2H3,(H,16,18);2*1H. The molecule has 2 rings (SSSR count). The average Bonchev–Trinajstić information content (AvgIpc) is 2.95. The molecule has 1 aliphatic carbocycles. The van der Waals surface area contributed by atoms with E-state index in [1.54, 1.807) is 11.3 Å². The van der Waals surface area contributed by atoms with Gasteiger partial charge in [0.05, 0.1) is 11.6 Å². The quantitative estimate of drug-likeness (QED) is 0.791. The smallest absolute Gasteiger partial charge is 0.240 e. The third kappa shape index (κ3) is 5.11. The number of nitrogens with two attached hydrogens (primary N) is 1. The number of carbonyl (C=O) groups excluding carboxylic acids is 1. The molecule has 1 unspecified atom stereocenters. The van der Waals surface area contributed by atoms with Crippen molar-refractivity contribution in [3.8, 4) is 0 Å². The number of amides is 1. The Kier molecular flexibility index (Phi) is 8.81. The maximum Gasteiger partial charge on any atom is 0.240 e. The molecule has 1 saturated carbocycles. The summed E-state index contributed by atoms with van der Waals surface area (Å²) in [4.78, 5) is 14.3. The van der Waals surface area contributed by atoms with E-state index in [2.05, 4.69) is 40.9 Å². The third-order valence-electron chi connectivity index (χ3n) is 3.88. The van der Waals surface area contributed by atoms with E-state index >= 15 is 0 Å². The molecule has 4 nitrogen and oxygen atoms in total. The number of rotatable bonds is 7. The molecule has 0 aromatic carbocycles. The highest BCUT2D eigenvalue weighted by molar-refractivity contribution is 7.07. The molecular formula is C14H25Cl2N3OS. The van der Waals surface area contributed by atoms with Crippen LogP contribution in [0.1, 0.15) is 38.3 Å². The van der Waals surface area contributed by atoms with Crippen molar-refractivity contribution in [3.63, 3.8) is 0 Å². The maximum absolute atomic E-state index is 11.9. The number of nitrogens with zero attached hydrogens (tertiary/aromatic N) is 1. The van der Waals surface area contributed by atoms with Crippen molar-refractivity contribution in [1.29, 1.82) is 0 Å². The predicted molar refractivity (Wildman–Crippen MR) is 93.6 cm³/mol. The fourth-order valence-corrected chi connectivity index (χ4v) is 3.02. The average molecular weight is 354 g/mol. The first-order valence-electron chi connectivity index (χ1n) is 6.94. The Bertz CT molecular complexity index is 420. The second kappa shape index (κ2) is 8.96. The Morgan fingerprint density at radius 3 is 2.48 bits per heavy atom. The second-order valence-corrected chi connectivity index (χ2v) is 5.94. The van der Waals surface area contributed by atoms with Crippen molar-refractivity contribution >= 4 is 42.1 Å². The summed E-state index contributed by atoms with van der Waals surface area (Å²) in [5, 5.41) is 7.26. The lowest BCUT2D eigenvalue weighted by Gasteiger charge is -2.29. The molecule has 21 heavy (non-hydrogen) atoms. The van der Waals surface area contributed by atoms with Crippen LogP contribution in [0.25, 0.3) is 0 Å². The minimum Gasteiger partial charge on any atom is -0.353 e. The van der Waals surface area contributed by atoms with Crippen LogP contribution in [0.2, 0.25) is 0 Å². The van der Waals surface area contributed by atoms with Gasteiger partial charge >= 0.3 is 0 Å². The summed E-state index contributed by atoms with van der Waals surface area (Å²) < 4.78 is 0. The Hall–Kier alpha value is -0.330. The van der Waals surface area contributed by atoms with Gasteiger partial charge in [-0.3, -0.25) is 9.69 Å². The van der Waals surface area contributed by atoms with Gasteiger partial charge in [-0.25, -0.2) is 0 Å². The minimum absolute atomic E-state index is 0. The highest BCUT2D eigenvalue weighted by atomic mass is 35.5. The first-order valence-corrected chi connectivity index (χ1v) is 7.88. The fourth-order valence-electron chi connectivity index (χ4n) is 2.31. The van der Waals surface area contributed by atoms with Crippen LogP contribution >= 0.6 is 36.2 Å². The molecule has 1 aromatic heterocycles. The van der Waals surface area contributed by atoms with Crippen molar-refractivity contribution < 1.29 is 4.79 Å². The van der Waals surface area contributed by atoms with E-state index in [0.29, 0.717) is 6.54 Å². The van der Waals surface area contributed by atoms with Crippen molar-refractivity contribution in [1.82, 2.24) is 10.2 Å². The number of hydrogen-bond donors (Lipinski definition) is 2. The lowest BCUT2D eigenvalue weighted by molar-refractivity contribution is -0.123. The lowest BCUT2D eigenvalue weighted by Crippen LogP contribution is -2.46. The summed E-state index contributed by atoms with van der Waals surface area (Å²) in [7, 11) is 0. The number of carbonyl (C=O) groups is 1. The Morgan fingerprint density at radius 1 is 1.43 bits per heavy atom. The molecule has 1 amide bonds. The number of halogens is 2. The zero-order valence-corrected chi connectivity index (χ0v) is 15.0. The van der Waals surface area contributed by atoms with Crippen LogP contribution in [-0.2, 0) is 4.79 Å². The summed E-state index contributed by atoms with van der Waals surface area (Å²) in [5.74, 6) is -0.000106. The van der Waals surface area contributed by atoms with Crippen LogP contribution in [0.3, 0.4) is 0 Å². The summed E-state index contributed by atoms with van der Waals surface area (Å²) >= 11 is 1.69. The van der Waals surface area contributed by atoms with Gasteiger partial charge in [0.2, 0.25) is 5.91 Å². The monoisotopic (exact) mass is 353 g/mol. The van der Waals surface area contributed by atoms with E-state index in [9.17, 15) is 4.79 Å². The molecule has 0 aliphatic heterocycles. The van der Waals surface area contributed by atoms with Gasteiger partial charge in [0, 0.05) is 6.54 Å². The van der Waals surface area contributed by atoms with Gasteiger partial charge in [-0.15, -0.1) is 24.8 Å². The van der Waals surface area contributed by atoms with E-state index in [1.165, 1.54) is 5.56 Å². The van der Waals surface area contributed by atoms with Crippen LogP contribution < -0.4 is 11.1 Å². The molecule has 0 saturated heterocycles. The van der Waals surface area contributed by atoms with E-state index in [0.717, 1.165) is 25.9 Å². The van der Waals surface area contributed by atoms with Gasteiger partial charge in [0.1, 0.15) is 0 Å². The normalized spacial score (nSPS) is 16.6. The van der Waals surface area contributed by atoms with Gasteiger partial charge in [-0.2, -0.15) is 11.3 Å². The van der Waals surface area contributed by atoms with Crippen molar-refractivity contribution in [2.75, 3.05) is 19.6 Å². The molecule has 1 atom stereocenters. The zero-order valence-electron chi connectivity index (χ0n) is 12.5. The van der Waals surface area contributed by atoms with Gasteiger partial charge in [-0.1, -0.05) is 13.8 Å². The topological polar surface area (TPSA) is 58.4 Å². The second-order valence-electron chi connectivity index (χ2n) is 5.16. The van der Waals surface area contributed by atoms with Gasteiger partial charge in [0.25, 0.3) is 0 Å². The van der Waals surface area contributed by atoms with Crippen molar-refractivity contribution in [2.24, 2.45) is 5.73 Å². The molecule has 3 N–H and O–H groups in total. The molecule has 0 spiro atoms. The van der Waals surface area contributed by atoms with Crippen molar-refractivity contribution in [2.45, 2.75) is 38.3 Å². The summed E-state index contributed by atoms with van der Waals surface area (Å²) in [6.07, 6.45) is 1.63. The first kappa shape index (κ1) is 20.7. The van der Waals surface area contributed by atoms with E-state index in [-0.39, 0.29) is 36.8 Å². The molecular weight excluding hydrogens is 329 g/mol. The molecule has 1 aliphatic rings. The minimum atomic E-state index is -0.581. The molecule has 0 bridgehead atoms. The highest BCUT2D eigenvalue weighted by Crippen LogP contribution is 2.32. The molecule has 1 heterocycles. The Balaban J connectivity index is 0.00000200. The number of thiophene rings is 1. The number of hydrogen-bond acceptors (Lipinski definition) is 4. The Labute approximate surface area is 143 Å². The summed E-state index contributed by atoms with van der Waals surface area (Å²) in [5.41, 5.74) is 6.61. The predicted octanol–water partition coefficient (Wildman–Crippen LogP) is 2.58. The fraction of sp³-hybridized carbons (Fsp3) is 0.643. The molecule has 122 valence electrons. The summed E-state index contributed by atoms with van der Waals surface area (Å²) in [6.45, 7) is 6.88. The highest BCUT2D eigenvalue weighted by Gasteiger charge is 2.45. The summed E-state index contributed by atoms with van der Waals surface area (Å²) in [6, 6.07) is 2.38. The third-order valence-corrected chi connectivity index (χ3v) is 4.58. The van der Waals surface area contributed by atoms with Crippen LogP contribution in [0.5, 0.6) is 0 Å². The number of nitrogens with one attached hydrogen (secondary N) is 1. The van der Waals surface area contributed by atoms with Crippen LogP contribution in [0.4, 0.5) is 0 Å². The van der Waals surface area contributed by atoms with Gasteiger partial charge < -0.3 is 11.1 Å². The molecule has 1 aromatic rings. The van der Waals surface area contributed by atoms with E-state index in [4.69, 9.17) is 5.73 Å². The van der Waals surface area contributed by atoms with E-state index < -0.39 is 5.54 Å².